The van der Waals surface area contributed by atoms with E-state index in [0.29, 0.717) is 37.1 Å². The van der Waals surface area contributed by atoms with Crippen molar-refractivity contribution in [1.82, 2.24) is 0 Å². The normalized spacial score (nSPS) is 22.8. The molecule has 4 rings (SSSR count). The molecule has 2 aromatic carbocycles. The lowest BCUT2D eigenvalue weighted by Crippen LogP contribution is -2.33. The zero-order valence-corrected chi connectivity index (χ0v) is 22.4. The molecule has 2 fully saturated rings. The van der Waals surface area contributed by atoms with Crippen LogP contribution in [0.1, 0.15) is 68.9 Å². The molecule has 0 unspecified atom stereocenters. The third-order valence-corrected chi connectivity index (χ3v) is 6.71. The first kappa shape index (κ1) is 30.8. The Morgan fingerprint density at radius 2 is 1.03 bits per heavy atom. The highest BCUT2D eigenvalue weighted by Crippen LogP contribution is 2.26. The van der Waals surface area contributed by atoms with Gasteiger partial charge in [-0.1, -0.05) is 60.7 Å². The Bertz CT molecular complexity index is 875. The molecule has 2 aromatic rings. The number of hydrogen-bond acceptors (Lipinski definition) is 7. The molecule has 0 amide bonds. The van der Waals surface area contributed by atoms with Gasteiger partial charge in [-0.3, -0.25) is 4.79 Å². The predicted molar refractivity (Wildman–Crippen MR) is 148 cm³/mol. The molecule has 6 N–H and O–H groups in total. The molecule has 37 heavy (non-hydrogen) atoms. The Morgan fingerprint density at radius 3 is 1.43 bits per heavy atom. The molecule has 0 radical (unpaired) electrons. The summed E-state index contributed by atoms with van der Waals surface area (Å²) in [6.07, 6.45) is 9.24. The first-order valence-electron chi connectivity index (χ1n) is 13.1. The number of rotatable bonds is 6. The van der Waals surface area contributed by atoms with Crippen LogP contribution in [0, 0.1) is 5.92 Å². The minimum absolute atomic E-state index is 0.0840. The fourth-order valence-electron chi connectivity index (χ4n) is 4.28. The number of hydrogen-bond donors (Lipinski definition) is 3. The fraction of sp³-hybridized carbons (Fsp3) is 0.517. The highest BCUT2D eigenvalue weighted by atomic mass is 35.5. The summed E-state index contributed by atoms with van der Waals surface area (Å²) in [7, 11) is 0. The Labute approximate surface area is 226 Å². The van der Waals surface area contributed by atoms with Crippen LogP contribution < -0.4 is 17.2 Å². The van der Waals surface area contributed by atoms with Gasteiger partial charge >= 0.3 is 11.4 Å². The van der Waals surface area contributed by atoms with E-state index in [1.165, 1.54) is 0 Å². The summed E-state index contributed by atoms with van der Waals surface area (Å²) >= 11 is 4.97. The number of carbonyl (C=O) groups is 2. The summed E-state index contributed by atoms with van der Waals surface area (Å²) in [6.45, 7) is 0.620. The number of ether oxygens (including phenoxy) is 2. The third-order valence-electron chi connectivity index (χ3n) is 6.60. The summed E-state index contributed by atoms with van der Waals surface area (Å²) < 4.78 is 9.84. The minimum atomic E-state index is -0.770. The molecular weight excluding hydrogens is 490 g/mol. The molecule has 0 atom stereocenters. The average Bonchev–Trinajstić information content (AvgIpc) is 2.91. The van der Waals surface area contributed by atoms with Gasteiger partial charge in [0.2, 0.25) is 0 Å². The van der Waals surface area contributed by atoms with Crippen molar-refractivity contribution in [3.8, 4) is 0 Å². The number of halogens is 1. The van der Waals surface area contributed by atoms with Crippen molar-refractivity contribution in [2.24, 2.45) is 23.1 Å². The molecular formula is C29H42ClN3O4. The molecule has 0 aliphatic heterocycles. The molecule has 0 bridgehead atoms. The van der Waals surface area contributed by atoms with Crippen LogP contribution in [0.2, 0.25) is 0 Å². The second kappa shape index (κ2) is 17.9. The number of nitrogens with two attached hydrogens (primary N) is 3. The fourth-order valence-corrected chi connectivity index (χ4v) is 4.34. The molecule has 7 nitrogen and oxygen atoms in total. The molecule has 0 spiro atoms. The van der Waals surface area contributed by atoms with Gasteiger partial charge in [-0.25, -0.2) is 4.79 Å². The van der Waals surface area contributed by atoms with E-state index in [9.17, 15) is 9.59 Å². The number of benzene rings is 2. The van der Waals surface area contributed by atoms with Crippen molar-refractivity contribution < 1.29 is 19.1 Å². The van der Waals surface area contributed by atoms with E-state index in [0.717, 1.165) is 62.5 Å². The van der Waals surface area contributed by atoms with Crippen molar-refractivity contribution in [2.75, 3.05) is 0 Å². The molecule has 0 saturated heterocycles. The summed E-state index contributed by atoms with van der Waals surface area (Å²) in [6, 6.07) is 20.4. The van der Waals surface area contributed by atoms with Crippen LogP contribution in [0.5, 0.6) is 0 Å². The van der Waals surface area contributed by atoms with Crippen molar-refractivity contribution in [3.05, 3.63) is 71.8 Å². The lowest BCUT2D eigenvalue weighted by Gasteiger charge is -2.25. The van der Waals surface area contributed by atoms with Crippen LogP contribution in [-0.2, 0) is 27.5 Å². The molecule has 2 aliphatic carbocycles. The molecule has 0 heterocycles. The average molecular weight is 532 g/mol. The van der Waals surface area contributed by atoms with Gasteiger partial charge in [0.1, 0.15) is 13.2 Å². The first-order chi connectivity index (χ1) is 17.8. The van der Waals surface area contributed by atoms with Crippen molar-refractivity contribution >= 4 is 23.0 Å². The van der Waals surface area contributed by atoms with Gasteiger partial charge in [0.15, 0.2) is 0 Å². The van der Waals surface area contributed by atoms with E-state index in [-0.39, 0.29) is 12.6 Å². The van der Waals surface area contributed by atoms with Crippen molar-refractivity contribution in [2.45, 2.75) is 89.1 Å². The van der Waals surface area contributed by atoms with Gasteiger partial charge in [-0.15, -0.1) is 0 Å². The van der Waals surface area contributed by atoms with Crippen LogP contribution in [-0.4, -0.2) is 29.5 Å². The van der Waals surface area contributed by atoms with Crippen LogP contribution >= 0.6 is 11.6 Å². The topological polar surface area (TPSA) is 131 Å². The Hall–Kier alpha value is -2.45. The highest BCUT2D eigenvalue weighted by molar-refractivity contribution is 6.61. The van der Waals surface area contributed by atoms with Crippen LogP contribution in [0.4, 0.5) is 4.79 Å². The van der Waals surface area contributed by atoms with E-state index < -0.39 is 5.43 Å². The smallest absolute Gasteiger partial charge is 0.404 e. The summed E-state index contributed by atoms with van der Waals surface area (Å²) in [5.41, 5.74) is 18.3. The van der Waals surface area contributed by atoms with E-state index in [4.69, 9.17) is 33.5 Å². The Balaban J connectivity index is 0.000000215. The molecule has 204 valence electrons. The molecule has 2 aliphatic rings. The van der Waals surface area contributed by atoms with Gasteiger partial charge in [0, 0.05) is 36.1 Å². The monoisotopic (exact) mass is 531 g/mol. The standard InChI is InChI=1S/C15H21NO2.C8H7ClO2.C6H14N2/c16-14-8-6-12(7-9-14)10-15(17)18-11-13-4-2-1-3-5-13;9-8(10)11-6-7-4-2-1-3-5-7;7-5-1-2-6(8)4-3-5/h1-5,12,14H,6-11,16H2;1-5H,6H2;5-6H,1-4,7-8H2. The highest BCUT2D eigenvalue weighted by Gasteiger charge is 2.21. The number of esters is 1. The summed E-state index contributed by atoms with van der Waals surface area (Å²) in [4.78, 5) is 21.9. The van der Waals surface area contributed by atoms with E-state index in [2.05, 4.69) is 4.74 Å². The van der Waals surface area contributed by atoms with Gasteiger partial charge in [-0.05, 0) is 68.4 Å². The minimum Gasteiger partial charge on any atom is -0.461 e. The maximum Gasteiger partial charge on any atom is 0.404 e. The second-order valence-electron chi connectivity index (χ2n) is 9.82. The number of carbonyl (C=O) groups excluding carboxylic acids is 2. The quantitative estimate of drug-likeness (QED) is 0.335. The van der Waals surface area contributed by atoms with E-state index in [1.807, 2.05) is 60.7 Å². The van der Waals surface area contributed by atoms with Gasteiger partial charge < -0.3 is 26.7 Å². The van der Waals surface area contributed by atoms with Crippen LogP contribution in [0.25, 0.3) is 0 Å². The lowest BCUT2D eigenvalue weighted by molar-refractivity contribution is -0.146. The van der Waals surface area contributed by atoms with Crippen LogP contribution in [0.15, 0.2) is 60.7 Å². The van der Waals surface area contributed by atoms with E-state index in [1.54, 1.807) is 0 Å². The lowest BCUT2D eigenvalue weighted by atomic mass is 9.84. The maximum atomic E-state index is 11.7. The van der Waals surface area contributed by atoms with Gasteiger partial charge in [0.05, 0.1) is 0 Å². The van der Waals surface area contributed by atoms with Crippen molar-refractivity contribution in [3.63, 3.8) is 0 Å². The van der Waals surface area contributed by atoms with E-state index >= 15 is 0 Å². The Morgan fingerprint density at radius 1 is 0.649 bits per heavy atom. The zero-order valence-electron chi connectivity index (χ0n) is 21.6. The van der Waals surface area contributed by atoms with Gasteiger partial charge in [-0.2, -0.15) is 0 Å². The van der Waals surface area contributed by atoms with Crippen LogP contribution in [0.3, 0.4) is 0 Å². The second-order valence-corrected chi connectivity index (χ2v) is 10.1. The summed E-state index contributed by atoms with van der Waals surface area (Å²) in [5.74, 6) is 0.382. The van der Waals surface area contributed by atoms with Crippen molar-refractivity contribution in [1.29, 1.82) is 0 Å². The third kappa shape index (κ3) is 14.8. The SMILES string of the molecule is NC1CCC(CC(=O)OCc2ccccc2)CC1.NC1CCC(N)CC1.O=C(Cl)OCc1ccccc1. The predicted octanol–water partition coefficient (Wildman–Crippen LogP) is 5.41. The summed E-state index contributed by atoms with van der Waals surface area (Å²) in [5, 5.41) is 0. The van der Waals surface area contributed by atoms with Gasteiger partial charge in [0.25, 0.3) is 0 Å². The molecule has 0 aromatic heterocycles. The largest absolute Gasteiger partial charge is 0.461 e. The molecule has 2 saturated carbocycles. The Kier molecular flexibility index (Phi) is 14.9. The first-order valence-corrected chi connectivity index (χ1v) is 13.5. The molecule has 8 heteroatoms. The maximum absolute atomic E-state index is 11.7. The zero-order chi connectivity index (χ0) is 26.9.